The van der Waals surface area contributed by atoms with Crippen molar-refractivity contribution in [1.82, 2.24) is 19.1 Å². The van der Waals surface area contributed by atoms with Crippen molar-refractivity contribution in [3.05, 3.63) is 40.9 Å². The number of rotatable bonds is 6. The van der Waals surface area contributed by atoms with Crippen molar-refractivity contribution in [3.8, 4) is 11.6 Å². The lowest BCUT2D eigenvalue weighted by atomic mass is 10.1. The minimum absolute atomic E-state index is 0.0244. The molecule has 2 atom stereocenters. The van der Waals surface area contributed by atoms with Crippen molar-refractivity contribution >= 4 is 15.7 Å². The number of pyridine rings is 1. The second-order valence-electron chi connectivity index (χ2n) is 8.81. The highest BCUT2D eigenvalue weighted by Gasteiger charge is 2.33. The quantitative estimate of drug-likeness (QED) is 0.649. The fourth-order valence-electron chi connectivity index (χ4n) is 4.33. The summed E-state index contributed by atoms with van der Waals surface area (Å²) in [5.74, 6) is 1.07. The first-order valence-electron chi connectivity index (χ1n) is 11.2. The van der Waals surface area contributed by atoms with Crippen LogP contribution in [0.4, 0.5) is 5.69 Å². The van der Waals surface area contributed by atoms with E-state index in [-0.39, 0.29) is 17.4 Å². The van der Waals surface area contributed by atoms with E-state index in [1.165, 1.54) is 8.99 Å². The number of anilines is 1. The summed E-state index contributed by atoms with van der Waals surface area (Å²) >= 11 is 0. The number of nitrogens with zero attached hydrogens (tertiary/aromatic N) is 5. The molecular formula is C22H31N5O4S. The van der Waals surface area contributed by atoms with Crippen LogP contribution in [0.1, 0.15) is 40.0 Å². The van der Waals surface area contributed by atoms with Gasteiger partial charge in [0.15, 0.2) is 5.82 Å². The molecule has 0 unspecified atom stereocenters. The Morgan fingerprint density at radius 1 is 1.12 bits per heavy atom. The van der Waals surface area contributed by atoms with E-state index in [9.17, 15) is 13.2 Å². The Labute approximate surface area is 189 Å². The van der Waals surface area contributed by atoms with Gasteiger partial charge in [0.25, 0.3) is 0 Å². The predicted molar refractivity (Wildman–Crippen MR) is 123 cm³/mol. The zero-order valence-corrected chi connectivity index (χ0v) is 19.7. The van der Waals surface area contributed by atoms with Crippen molar-refractivity contribution in [3.63, 3.8) is 0 Å². The van der Waals surface area contributed by atoms with E-state index in [0.29, 0.717) is 43.6 Å². The Kier molecular flexibility index (Phi) is 6.52. The average molecular weight is 462 g/mol. The summed E-state index contributed by atoms with van der Waals surface area (Å²) in [4.78, 5) is 19.7. The van der Waals surface area contributed by atoms with E-state index in [2.05, 4.69) is 17.0 Å². The van der Waals surface area contributed by atoms with Crippen LogP contribution >= 0.6 is 0 Å². The van der Waals surface area contributed by atoms with Gasteiger partial charge in [-0.15, -0.1) is 0 Å². The Morgan fingerprint density at radius 2 is 1.88 bits per heavy atom. The smallest absolute Gasteiger partial charge is 0.317 e. The normalized spacial score (nSPS) is 22.4. The molecule has 0 aromatic carbocycles. The van der Waals surface area contributed by atoms with Gasteiger partial charge in [0.05, 0.1) is 11.4 Å². The number of hydrogen-bond donors (Lipinski definition) is 0. The Hall–Kier alpha value is -2.46. The number of piperazine rings is 1. The first kappa shape index (κ1) is 22.7. The molecule has 2 aliphatic rings. The van der Waals surface area contributed by atoms with Gasteiger partial charge in [-0.3, -0.25) is 4.79 Å². The maximum atomic E-state index is 13.4. The summed E-state index contributed by atoms with van der Waals surface area (Å²) in [6.07, 6.45) is 6.29. The largest absolute Gasteiger partial charge is 0.483 e. The van der Waals surface area contributed by atoms with Gasteiger partial charge in [-0.25, -0.2) is 13.4 Å². The number of sulfonamides is 1. The minimum atomic E-state index is -3.31. The van der Waals surface area contributed by atoms with Crippen molar-refractivity contribution < 1.29 is 13.2 Å². The third-order valence-electron chi connectivity index (χ3n) is 6.37. The molecule has 3 heterocycles. The molecule has 10 heteroatoms. The highest BCUT2D eigenvalue weighted by molar-refractivity contribution is 7.89. The summed E-state index contributed by atoms with van der Waals surface area (Å²) in [6, 6.07) is 5.31. The molecule has 2 fully saturated rings. The van der Waals surface area contributed by atoms with Crippen LogP contribution in [0.15, 0.2) is 35.4 Å². The lowest BCUT2D eigenvalue weighted by Crippen LogP contribution is -2.50. The van der Waals surface area contributed by atoms with Crippen LogP contribution < -0.4 is 15.2 Å². The molecule has 174 valence electrons. The van der Waals surface area contributed by atoms with Crippen molar-refractivity contribution in [2.24, 2.45) is 5.92 Å². The zero-order chi connectivity index (χ0) is 22.9. The van der Waals surface area contributed by atoms with Crippen LogP contribution in [0.3, 0.4) is 0 Å². The number of aromatic nitrogens is 3. The molecule has 1 saturated heterocycles. The van der Waals surface area contributed by atoms with Crippen molar-refractivity contribution in [2.45, 2.75) is 51.4 Å². The average Bonchev–Trinajstić information content (AvgIpc) is 3.20. The zero-order valence-electron chi connectivity index (χ0n) is 18.8. The number of ether oxygens (including phenoxy) is 1. The molecule has 2 aromatic heterocycles. The van der Waals surface area contributed by atoms with E-state index < -0.39 is 15.3 Å². The first-order valence-corrected chi connectivity index (χ1v) is 12.7. The summed E-state index contributed by atoms with van der Waals surface area (Å²) in [5, 5.41) is 3.90. The molecule has 0 amide bonds. The Bertz CT molecular complexity index is 1100. The van der Waals surface area contributed by atoms with Crippen molar-refractivity contribution in [2.75, 3.05) is 31.1 Å². The van der Waals surface area contributed by atoms with Crippen LogP contribution in [-0.4, -0.2) is 65.0 Å². The van der Waals surface area contributed by atoms with E-state index in [0.717, 1.165) is 19.3 Å². The maximum Gasteiger partial charge on any atom is 0.317 e. The molecule has 32 heavy (non-hydrogen) atoms. The Balaban J connectivity index is 1.66. The predicted octanol–water partition coefficient (Wildman–Crippen LogP) is 2.06. The molecule has 4 rings (SSSR count). The van der Waals surface area contributed by atoms with E-state index in [4.69, 9.17) is 4.74 Å². The summed E-state index contributed by atoms with van der Waals surface area (Å²) in [6.45, 7) is 7.20. The van der Waals surface area contributed by atoms with Crippen LogP contribution in [0, 0.1) is 5.92 Å². The molecule has 9 nitrogen and oxygen atoms in total. The second-order valence-corrected chi connectivity index (χ2v) is 11.3. The highest BCUT2D eigenvalue weighted by Crippen LogP contribution is 2.33. The lowest BCUT2D eigenvalue weighted by Gasteiger charge is -2.36. The summed E-state index contributed by atoms with van der Waals surface area (Å²) in [7, 11) is -3.31. The lowest BCUT2D eigenvalue weighted by molar-refractivity contribution is 0.164. The summed E-state index contributed by atoms with van der Waals surface area (Å²) < 4.78 is 34.2. The highest BCUT2D eigenvalue weighted by atomic mass is 32.2. The molecular weight excluding hydrogens is 430 g/mol. The second kappa shape index (κ2) is 9.19. The topological polar surface area (TPSA) is 97.6 Å². The van der Waals surface area contributed by atoms with Gasteiger partial charge < -0.3 is 9.64 Å². The van der Waals surface area contributed by atoms with Crippen molar-refractivity contribution in [1.29, 1.82) is 0 Å². The van der Waals surface area contributed by atoms with Crippen LogP contribution in [0.2, 0.25) is 0 Å². The van der Waals surface area contributed by atoms with Gasteiger partial charge in [0, 0.05) is 32.4 Å². The third kappa shape index (κ3) is 4.38. The van der Waals surface area contributed by atoms with Gasteiger partial charge >= 0.3 is 5.56 Å². The summed E-state index contributed by atoms with van der Waals surface area (Å²) in [5.41, 5.74) is 0.264. The maximum absolute atomic E-state index is 13.4. The van der Waals surface area contributed by atoms with Gasteiger partial charge in [0.1, 0.15) is 11.8 Å². The van der Waals surface area contributed by atoms with Crippen LogP contribution in [0.25, 0.3) is 5.82 Å². The molecule has 0 bridgehead atoms. The molecule has 1 saturated carbocycles. The molecule has 1 aliphatic heterocycles. The molecule has 0 N–H and O–H groups in total. The fraction of sp³-hybridized carbons (Fsp3) is 0.591. The standard InChI is InChI=1S/C22H31N5O4S/c1-16(2)32(29,30)26-13-11-25(12-14-26)18-15-24-27(20-9-4-5-10-23-20)22(28)21(18)31-19-8-6-7-17(19)3/h4-5,9-10,15-17,19H,6-8,11-14H2,1-3H3/t17-,19-/m1/s1. The van der Waals surface area contributed by atoms with Gasteiger partial charge in [-0.2, -0.15) is 14.1 Å². The molecule has 2 aromatic rings. The monoisotopic (exact) mass is 461 g/mol. The van der Waals surface area contributed by atoms with Crippen LogP contribution in [-0.2, 0) is 10.0 Å². The SMILES string of the molecule is CC(C)S(=O)(=O)N1CCN(c2cnn(-c3ccccn3)c(=O)c2O[C@@H]2CCC[C@H]2C)CC1. The van der Waals surface area contributed by atoms with Crippen LogP contribution in [0.5, 0.6) is 5.75 Å². The van der Waals surface area contributed by atoms with E-state index in [1.807, 2.05) is 4.90 Å². The fourth-order valence-corrected chi connectivity index (χ4v) is 5.60. The Morgan fingerprint density at radius 3 is 2.47 bits per heavy atom. The first-order chi connectivity index (χ1) is 15.3. The third-order valence-corrected chi connectivity index (χ3v) is 8.64. The van der Waals surface area contributed by atoms with E-state index in [1.54, 1.807) is 44.4 Å². The van der Waals surface area contributed by atoms with Gasteiger partial charge in [-0.1, -0.05) is 13.0 Å². The molecule has 0 radical (unpaired) electrons. The molecule has 1 aliphatic carbocycles. The van der Waals surface area contributed by atoms with Gasteiger partial charge in [0.2, 0.25) is 15.8 Å². The minimum Gasteiger partial charge on any atom is -0.483 e. The molecule has 0 spiro atoms. The van der Waals surface area contributed by atoms with E-state index >= 15 is 0 Å². The number of hydrogen-bond acceptors (Lipinski definition) is 7. The van der Waals surface area contributed by atoms with Gasteiger partial charge in [-0.05, 0) is 51.2 Å².